The average Bonchev–Trinajstić information content (AvgIpc) is 3.28. The fourth-order valence-electron chi connectivity index (χ4n) is 4.02. The lowest BCUT2D eigenvalue weighted by molar-refractivity contribution is -0.152. The zero-order chi connectivity index (χ0) is 19.3. The monoisotopic (exact) mass is 374 g/mol. The van der Waals surface area contributed by atoms with Crippen LogP contribution in [0, 0.1) is 5.92 Å². The van der Waals surface area contributed by atoms with Crippen molar-refractivity contribution < 1.29 is 14.3 Å². The maximum absolute atomic E-state index is 12.9. The topological polar surface area (TPSA) is 89.0 Å². The minimum absolute atomic E-state index is 0.209. The summed E-state index contributed by atoms with van der Waals surface area (Å²) in [6.07, 6.45) is 1.86. The number of amides is 1. The number of anilines is 1. The minimum atomic E-state index is -1.01. The molecule has 0 fully saturated rings. The lowest BCUT2D eigenvalue weighted by atomic mass is 9.90. The van der Waals surface area contributed by atoms with Crippen molar-refractivity contribution in [3.8, 4) is 0 Å². The normalized spacial score (nSPS) is 18.8. The van der Waals surface area contributed by atoms with Gasteiger partial charge in [0.15, 0.2) is 5.92 Å². The summed E-state index contributed by atoms with van der Waals surface area (Å²) in [7, 11) is 0. The summed E-state index contributed by atoms with van der Waals surface area (Å²) in [5, 5.41) is 3.74. The van der Waals surface area contributed by atoms with Crippen LogP contribution in [0.5, 0.6) is 0 Å². The van der Waals surface area contributed by atoms with Crippen molar-refractivity contribution >= 4 is 39.8 Å². The summed E-state index contributed by atoms with van der Waals surface area (Å²) < 4.78 is 7.18. The minimum Gasteiger partial charge on any atom is -0.465 e. The lowest BCUT2D eigenvalue weighted by Crippen LogP contribution is -2.43. The molecule has 2 aromatic carbocycles. The van der Waals surface area contributed by atoms with Gasteiger partial charge in [-0.15, -0.1) is 0 Å². The summed E-state index contributed by atoms with van der Waals surface area (Å²) >= 11 is 0. The Morgan fingerprint density at radius 1 is 1.18 bits per heavy atom. The molecule has 7 nitrogen and oxygen atoms in total. The number of carbonyl (C=O) groups is 2. The number of hydrogen-bond acceptors (Lipinski definition) is 4. The third-order valence-electron chi connectivity index (χ3n) is 5.19. The summed E-state index contributed by atoms with van der Waals surface area (Å²) in [4.78, 5) is 33.5. The van der Waals surface area contributed by atoms with Crippen molar-refractivity contribution in [2.75, 3.05) is 11.9 Å². The first-order valence-electron chi connectivity index (χ1n) is 9.19. The zero-order valence-corrected chi connectivity index (χ0v) is 15.2. The molecule has 1 aliphatic rings. The first-order valence-corrected chi connectivity index (χ1v) is 9.19. The van der Waals surface area contributed by atoms with Crippen molar-refractivity contribution in [1.29, 1.82) is 0 Å². The number of para-hydroxylation sites is 3. The maximum atomic E-state index is 12.9. The number of fused-ring (bicyclic) bond motifs is 4. The van der Waals surface area contributed by atoms with Crippen LogP contribution >= 0.6 is 0 Å². The molecule has 0 spiro atoms. The van der Waals surface area contributed by atoms with Crippen molar-refractivity contribution in [2.24, 2.45) is 5.92 Å². The molecule has 0 bridgehead atoms. The molecule has 1 aliphatic heterocycles. The number of rotatable bonds is 3. The van der Waals surface area contributed by atoms with Gasteiger partial charge in [0.2, 0.25) is 11.9 Å². The van der Waals surface area contributed by atoms with Gasteiger partial charge < -0.3 is 14.3 Å². The molecule has 0 unspecified atom stereocenters. The molecule has 1 amide bonds. The number of nitrogens with one attached hydrogen (secondary N) is 2. The molecule has 7 heteroatoms. The number of H-pyrrole nitrogens is 1. The molecule has 0 aliphatic carbocycles. The molecule has 4 aromatic rings. The Bertz CT molecular complexity index is 1220. The number of nitrogens with zero attached hydrogens (tertiary/aromatic N) is 2. The quantitative estimate of drug-likeness (QED) is 0.426. The van der Waals surface area contributed by atoms with Gasteiger partial charge in [0.1, 0.15) is 0 Å². The number of aromatic amines is 1. The summed E-state index contributed by atoms with van der Waals surface area (Å²) in [5.41, 5.74) is 3.40. The third-order valence-corrected chi connectivity index (χ3v) is 5.19. The van der Waals surface area contributed by atoms with Gasteiger partial charge in [-0.05, 0) is 25.1 Å². The number of esters is 1. The number of ether oxygens (including phenoxy) is 1. The zero-order valence-electron chi connectivity index (χ0n) is 15.2. The van der Waals surface area contributed by atoms with E-state index in [1.165, 1.54) is 0 Å². The summed E-state index contributed by atoms with van der Waals surface area (Å²) in [6, 6.07) is 14.9. The van der Waals surface area contributed by atoms with Gasteiger partial charge in [-0.1, -0.05) is 30.3 Å². The molecule has 2 aromatic heterocycles. The van der Waals surface area contributed by atoms with Crippen LogP contribution < -0.4 is 5.32 Å². The van der Waals surface area contributed by atoms with Crippen LogP contribution in [-0.2, 0) is 14.3 Å². The molecule has 0 saturated heterocycles. The van der Waals surface area contributed by atoms with Crippen molar-refractivity contribution in [3.63, 3.8) is 0 Å². The van der Waals surface area contributed by atoms with E-state index >= 15 is 0 Å². The number of imidazole rings is 1. The highest BCUT2D eigenvalue weighted by Gasteiger charge is 2.44. The van der Waals surface area contributed by atoms with Crippen LogP contribution in [0.2, 0.25) is 0 Å². The molecule has 28 heavy (non-hydrogen) atoms. The molecule has 140 valence electrons. The third kappa shape index (κ3) is 2.32. The van der Waals surface area contributed by atoms with Gasteiger partial charge >= 0.3 is 5.97 Å². The molecular formula is C21H18N4O3. The van der Waals surface area contributed by atoms with Crippen LogP contribution in [0.15, 0.2) is 54.7 Å². The Morgan fingerprint density at radius 2 is 1.96 bits per heavy atom. The first-order chi connectivity index (χ1) is 13.7. The van der Waals surface area contributed by atoms with E-state index in [2.05, 4.69) is 15.3 Å². The van der Waals surface area contributed by atoms with E-state index in [1.807, 2.05) is 59.3 Å². The fourth-order valence-corrected chi connectivity index (χ4v) is 4.02. The second kappa shape index (κ2) is 6.23. The van der Waals surface area contributed by atoms with Crippen LogP contribution in [0.25, 0.3) is 21.9 Å². The largest absolute Gasteiger partial charge is 0.465 e. The molecule has 3 heterocycles. The summed E-state index contributed by atoms with van der Waals surface area (Å²) in [6.45, 7) is 1.94. The van der Waals surface area contributed by atoms with Crippen molar-refractivity contribution in [1.82, 2.24) is 14.5 Å². The SMILES string of the molecule is CCOC(=O)[C@@H]1C(=O)Nc2nc3ccccc3n2[C@H]1c1c[nH]c2ccccc12. The van der Waals surface area contributed by atoms with E-state index in [4.69, 9.17) is 4.74 Å². The number of benzene rings is 2. The fraction of sp³-hybridized carbons (Fsp3) is 0.190. The van der Waals surface area contributed by atoms with E-state index in [-0.39, 0.29) is 6.61 Å². The Kier molecular flexibility index (Phi) is 3.68. The standard InChI is InChI=1S/C21H18N4O3/c1-2-28-20(27)17-18(13-11-22-14-8-4-3-7-12(13)14)25-16-10-6-5-9-15(16)23-21(25)24-19(17)26/h3-11,17-18,22H,2H2,1H3,(H,23,24,26)/t17-,18-/m0/s1. The number of carbonyl (C=O) groups excluding carboxylic acids is 2. The summed E-state index contributed by atoms with van der Waals surface area (Å²) in [5.74, 6) is -1.53. The Labute approximate surface area is 160 Å². The van der Waals surface area contributed by atoms with E-state index < -0.39 is 23.8 Å². The second-order valence-electron chi connectivity index (χ2n) is 6.75. The van der Waals surface area contributed by atoms with Crippen LogP contribution in [-0.4, -0.2) is 33.0 Å². The Morgan fingerprint density at radius 3 is 2.82 bits per heavy atom. The van der Waals surface area contributed by atoms with E-state index in [9.17, 15) is 9.59 Å². The van der Waals surface area contributed by atoms with Crippen LogP contribution in [0.4, 0.5) is 5.95 Å². The lowest BCUT2D eigenvalue weighted by Gasteiger charge is -2.31. The second-order valence-corrected chi connectivity index (χ2v) is 6.75. The van der Waals surface area contributed by atoms with Crippen LogP contribution in [0.1, 0.15) is 18.5 Å². The smallest absolute Gasteiger partial charge is 0.321 e. The maximum Gasteiger partial charge on any atom is 0.321 e. The van der Waals surface area contributed by atoms with Crippen LogP contribution in [0.3, 0.4) is 0 Å². The highest BCUT2D eigenvalue weighted by molar-refractivity contribution is 6.08. The van der Waals surface area contributed by atoms with Gasteiger partial charge in [-0.2, -0.15) is 0 Å². The van der Waals surface area contributed by atoms with Gasteiger partial charge in [-0.3, -0.25) is 14.9 Å². The molecule has 2 N–H and O–H groups in total. The van der Waals surface area contributed by atoms with Gasteiger partial charge in [0.05, 0.1) is 23.7 Å². The predicted molar refractivity (Wildman–Crippen MR) is 105 cm³/mol. The van der Waals surface area contributed by atoms with Gasteiger partial charge in [-0.25, -0.2) is 4.98 Å². The molecular weight excluding hydrogens is 356 g/mol. The molecule has 0 saturated carbocycles. The average molecular weight is 374 g/mol. The van der Waals surface area contributed by atoms with Gasteiger partial charge in [0.25, 0.3) is 0 Å². The van der Waals surface area contributed by atoms with E-state index in [0.29, 0.717) is 5.95 Å². The Hall–Kier alpha value is -3.61. The molecule has 5 rings (SSSR count). The number of aromatic nitrogens is 3. The molecule has 2 atom stereocenters. The van der Waals surface area contributed by atoms with Gasteiger partial charge in [0, 0.05) is 22.7 Å². The highest BCUT2D eigenvalue weighted by atomic mass is 16.5. The first kappa shape index (κ1) is 16.6. The van der Waals surface area contributed by atoms with E-state index in [0.717, 1.165) is 27.5 Å². The highest BCUT2D eigenvalue weighted by Crippen LogP contribution is 2.40. The predicted octanol–water partition coefficient (Wildman–Crippen LogP) is 3.24. The van der Waals surface area contributed by atoms with Crippen molar-refractivity contribution in [3.05, 3.63) is 60.3 Å². The van der Waals surface area contributed by atoms with Crippen molar-refractivity contribution in [2.45, 2.75) is 13.0 Å². The number of hydrogen-bond donors (Lipinski definition) is 2. The van der Waals surface area contributed by atoms with E-state index in [1.54, 1.807) is 6.92 Å². The Balaban J connectivity index is 1.80. The molecule has 0 radical (unpaired) electrons.